The van der Waals surface area contributed by atoms with Gasteiger partial charge in [0.25, 0.3) is 0 Å². The molecule has 0 N–H and O–H groups in total. The van der Waals surface area contributed by atoms with Crippen molar-refractivity contribution in [2.75, 3.05) is 6.61 Å². The molecule has 7 heteroatoms. The van der Waals surface area contributed by atoms with Crippen molar-refractivity contribution < 1.29 is 16.1 Å². The van der Waals surface area contributed by atoms with Crippen LogP contribution >= 0.6 is 28.2 Å². The summed E-state index contributed by atoms with van der Waals surface area (Å²) >= 11 is 7.00. The van der Waals surface area contributed by atoms with Crippen molar-refractivity contribution in [2.45, 2.75) is 66.3 Å². The molecule has 1 atom stereocenters. The van der Waals surface area contributed by atoms with Gasteiger partial charge < -0.3 is 4.74 Å². The van der Waals surface area contributed by atoms with E-state index < -0.39 is 0 Å². The molecule has 3 aromatic rings. The van der Waals surface area contributed by atoms with Gasteiger partial charge in [-0.3, -0.25) is 4.99 Å². The molecule has 0 bridgehead atoms. The van der Waals surface area contributed by atoms with E-state index in [1.807, 2.05) is 6.07 Å². The fraction of sp³-hybridized carbons (Fsp3) is 0.414. The van der Waals surface area contributed by atoms with Gasteiger partial charge in [-0.1, -0.05) is 77.9 Å². The van der Waals surface area contributed by atoms with Gasteiger partial charge in [-0.2, -0.15) is 0 Å². The summed E-state index contributed by atoms with van der Waals surface area (Å²) in [6.07, 6.45) is 0. The minimum absolute atomic E-state index is 0.198. The zero-order chi connectivity index (χ0) is 26.4. The maximum atomic E-state index is 5.98. The molecule has 0 spiro atoms. The summed E-state index contributed by atoms with van der Waals surface area (Å²) in [5, 5.41) is 1.08. The van der Waals surface area contributed by atoms with E-state index in [0.717, 1.165) is 44.9 Å². The van der Waals surface area contributed by atoms with Crippen molar-refractivity contribution >= 4 is 56.4 Å². The van der Waals surface area contributed by atoms with Crippen LogP contribution in [0, 0.1) is 5.92 Å². The molecule has 0 saturated heterocycles. The van der Waals surface area contributed by atoms with Crippen LogP contribution in [-0.2, 0) is 16.1 Å². The number of halogens is 2. The van der Waals surface area contributed by atoms with E-state index in [1.165, 1.54) is 11.1 Å². The van der Waals surface area contributed by atoms with Gasteiger partial charge in [-0.15, -0.1) is 0 Å². The SMILES string of the molecule is CC(=Nc1c(C(C)C)cccc1C(C)C)c1ccc2cccc(C3=N[C@@H](C(C)C)CO3)c2n1.[Br][Fe][Br]. The monoisotopic (exact) mass is 655 g/mol. The average molecular weight is 657 g/mol. The van der Waals surface area contributed by atoms with Gasteiger partial charge in [0.15, 0.2) is 0 Å². The van der Waals surface area contributed by atoms with E-state index >= 15 is 0 Å². The van der Waals surface area contributed by atoms with Crippen LogP contribution in [-0.4, -0.2) is 29.2 Å². The number of aromatic nitrogens is 1. The Balaban J connectivity index is 0.00000115. The van der Waals surface area contributed by atoms with Crippen LogP contribution < -0.4 is 0 Å². The predicted octanol–water partition coefficient (Wildman–Crippen LogP) is 9.11. The molecule has 0 saturated carbocycles. The van der Waals surface area contributed by atoms with Gasteiger partial charge >= 0.3 is 39.6 Å². The summed E-state index contributed by atoms with van der Waals surface area (Å²) in [7, 11) is 0. The van der Waals surface area contributed by atoms with Crippen molar-refractivity contribution in [2.24, 2.45) is 15.9 Å². The number of nitrogens with zero attached hydrogens (tertiary/aromatic N) is 3. The molecule has 36 heavy (non-hydrogen) atoms. The summed E-state index contributed by atoms with van der Waals surface area (Å²) in [5.41, 5.74) is 7.28. The Kier molecular flexibility index (Phi) is 10.7. The van der Waals surface area contributed by atoms with Gasteiger partial charge in [0.1, 0.15) is 6.61 Å². The number of ether oxygens (including phenoxy) is 1. The van der Waals surface area contributed by atoms with Crippen LogP contribution in [0.3, 0.4) is 0 Å². The Labute approximate surface area is 236 Å². The molecule has 4 nitrogen and oxygen atoms in total. The molecule has 1 aliphatic heterocycles. The zero-order valence-electron chi connectivity index (χ0n) is 22.0. The molecular weight excluding hydrogens is 622 g/mol. The molecule has 0 fully saturated rings. The fourth-order valence-corrected chi connectivity index (χ4v) is 4.27. The van der Waals surface area contributed by atoms with E-state index in [9.17, 15) is 0 Å². The van der Waals surface area contributed by atoms with Crippen molar-refractivity contribution in [1.82, 2.24) is 4.98 Å². The second kappa shape index (κ2) is 13.3. The molecule has 0 aliphatic carbocycles. The third-order valence-corrected chi connectivity index (χ3v) is 6.39. The number of pyridine rings is 1. The molecule has 4 rings (SSSR count). The standard InChI is InChI=1S/C29H35N3O.2BrH.Fe/c1-17(2)22-11-9-12-23(18(3)4)28(22)30-20(7)25-15-14-21-10-8-13-24(27(21)31-25)29-32-26(16-33-29)19(5)6;;;/h8-15,17-19,26H,16H2,1-7H3;2*1H;/q;;;+2/p-2/t26-;;;/m1.../s1. The van der Waals surface area contributed by atoms with Gasteiger partial charge in [-0.05, 0) is 47.9 Å². The summed E-state index contributed by atoms with van der Waals surface area (Å²) in [5.74, 6) is 1.95. The molecule has 0 amide bonds. The van der Waals surface area contributed by atoms with E-state index in [4.69, 9.17) is 19.7 Å². The Morgan fingerprint density at radius 3 is 2.11 bits per heavy atom. The Morgan fingerprint density at radius 2 is 1.56 bits per heavy atom. The van der Waals surface area contributed by atoms with Crippen LogP contribution in [0.15, 0.2) is 58.5 Å². The van der Waals surface area contributed by atoms with E-state index in [2.05, 4.69) is 119 Å². The third-order valence-electron chi connectivity index (χ3n) is 6.39. The van der Waals surface area contributed by atoms with Gasteiger partial charge in [0.2, 0.25) is 5.90 Å². The number of rotatable bonds is 6. The van der Waals surface area contributed by atoms with Crippen molar-refractivity contribution in [1.29, 1.82) is 0 Å². The average Bonchev–Trinajstić information content (AvgIpc) is 3.34. The van der Waals surface area contributed by atoms with Crippen molar-refractivity contribution in [3.63, 3.8) is 0 Å². The normalized spacial score (nSPS) is 15.9. The fourth-order valence-electron chi connectivity index (χ4n) is 4.27. The Hall–Kier alpha value is -1.53. The first-order chi connectivity index (χ1) is 17.2. The third kappa shape index (κ3) is 6.86. The van der Waals surface area contributed by atoms with Gasteiger partial charge in [0.05, 0.1) is 34.2 Å². The molecular formula is C29H35Br2FeN3O. The number of para-hydroxylation sites is 2. The molecule has 2 heterocycles. The predicted molar refractivity (Wildman–Crippen MR) is 157 cm³/mol. The summed E-state index contributed by atoms with van der Waals surface area (Å²) in [6, 6.07) is 17.1. The number of hydrogen-bond acceptors (Lipinski definition) is 4. The molecule has 2 aromatic carbocycles. The summed E-state index contributed by atoms with van der Waals surface area (Å²) in [4.78, 5) is 15.0. The number of hydrogen-bond donors (Lipinski definition) is 0. The van der Waals surface area contributed by atoms with Gasteiger partial charge in [0, 0.05) is 5.39 Å². The quantitative estimate of drug-likeness (QED) is 0.196. The topological polar surface area (TPSA) is 46.8 Å². The zero-order valence-corrected chi connectivity index (χ0v) is 26.3. The molecule has 0 radical (unpaired) electrons. The number of aliphatic imine (C=N–C) groups is 2. The second-order valence-corrected chi connectivity index (χ2v) is 15.5. The van der Waals surface area contributed by atoms with Gasteiger partial charge in [-0.25, -0.2) is 9.98 Å². The van der Waals surface area contributed by atoms with Crippen LogP contribution in [0.25, 0.3) is 10.9 Å². The molecule has 0 unspecified atom stereocenters. The first kappa shape index (κ1) is 29.0. The number of fused-ring (bicyclic) bond motifs is 1. The first-order valence-corrected chi connectivity index (χ1v) is 17.8. The summed E-state index contributed by atoms with van der Waals surface area (Å²) in [6.45, 7) is 15.9. The van der Waals surface area contributed by atoms with E-state index in [0.29, 0.717) is 30.3 Å². The summed E-state index contributed by atoms with van der Waals surface area (Å²) < 4.78 is 5.98. The maximum absolute atomic E-state index is 5.98. The van der Waals surface area contributed by atoms with Crippen LogP contribution in [0.1, 0.15) is 82.7 Å². The first-order valence-electron chi connectivity index (χ1n) is 12.3. The van der Waals surface area contributed by atoms with Crippen molar-refractivity contribution in [3.05, 3.63) is 70.9 Å². The van der Waals surface area contributed by atoms with Crippen LogP contribution in [0.4, 0.5) is 5.69 Å². The second-order valence-electron chi connectivity index (χ2n) is 9.97. The number of benzene rings is 2. The van der Waals surface area contributed by atoms with E-state index in [-0.39, 0.29) is 6.04 Å². The minimum atomic E-state index is 0.198. The van der Waals surface area contributed by atoms with Crippen LogP contribution in [0.5, 0.6) is 0 Å². The van der Waals surface area contributed by atoms with Crippen molar-refractivity contribution in [3.8, 4) is 0 Å². The Bertz CT molecular complexity index is 1230. The molecule has 1 aliphatic rings. The molecule has 1 aromatic heterocycles. The molecule has 194 valence electrons. The Morgan fingerprint density at radius 1 is 0.944 bits per heavy atom. The van der Waals surface area contributed by atoms with E-state index in [1.54, 1.807) is 0 Å². The van der Waals surface area contributed by atoms with Crippen LogP contribution in [0.2, 0.25) is 0 Å².